The van der Waals surface area contributed by atoms with E-state index in [-0.39, 0.29) is 5.50 Å². The van der Waals surface area contributed by atoms with Crippen LogP contribution >= 0.6 is 11.9 Å². The van der Waals surface area contributed by atoms with Crippen molar-refractivity contribution in [2.45, 2.75) is 5.50 Å². The van der Waals surface area contributed by atoms with Gasteiger partial charge in [0.05, 0.1) is 23.8 Å². The highest BCUT2D eigenvalue weighted by Gasteiger charge is 2.17. The standard InChI is InChI=1S/C12H12N6S/c1-3-9(7-13-5-1)15-11-17-12(19-18-11)16-10-4-2-6-14-8-10/h1-8,12,16H,(H2,15,17,18). The topological polar surface area (TPSA) is 74.2 Å². The molecule has 0 bridgehead atoms. The fraction of sp³-hybridized carbons (Fsp3) is 0.0833. The van der Waals surface area contributed by atoms with Crippen LogP contribution in [0, 0.1) is 0 Å². The molecule has 3 rings (SSSR count). The molecule has 7 heteroatoms. The quantitative estimate of drug-likeness (QED) is 0.741. The van der Waals surface area contributed by atoms with Crippen molar-refractivity contribution < 1.29 is 0 Å². The van der Waals surface area contributed by atoms with Crippen LogP contribution in [0.2, 0.25) is 0 Å². The SMILES string of the molecule is c1cncc(NC2=NC(Nc3cccnc3)SN2)c1. The van der Waals surface area contributed by atoms with E-state index in [4.69, 9.17) is 0 Å². The molecule has 2 aromatic rings. The van der Waals surface area contributed by atoms with Crippen LogP contribution in [0.25, 0.3) is 0 Å². The lowest BCUT2D eigenvalue weighted by atomic mass is 10.4. The van der Waals surface area contributed by atoms with Gasteiger partial charge in [-0.1, -0.05) is 0 Å². The molecule has 0 aliphatic carbocycles. The maximum Gasteiger partial charge on any atom is 0.209 e. The minimum Gasteiger partial charge on any atom is -0.353 e. The Morgan fingerprint density at radius 3 is 2.47 bits per heavy atom. The third kappa shape index (κ3) is 3.14. The predicted molar refractivity (Wildman–Crippen MR) is 77.7 cm³/mol. The molecular formula is C12H12N6S. The number of hydrogen-bond donors (Lipinski definition) is 3. The van der Waals surface area contributed by atoms with Crippen LogP contribution in [0.15, 0.2) is 54.0 Å². The number of nitrogens with one attached hydrogen (secondary N) is 3. The maximum absolute atomic E-state index is 4.47. The van der Waals surface area contributed by atoms with Crippen LogP contribution in [0.4, 0.5) is 11.4 Å². The largest absolute Gasteiger partial charge is 0.353 e. The van der Waals surface area contributed by atoms with Gasteiger partial charge >= 0.3 is 0 Å². The molecular weight excluding hydrogens is 260 g/mol. The summed E-state index contributed by atoms with van der Waals surface area (Å²) >= 11 is 1.49. The predicted octanol–water partition coefficient (Wildman–Crippen LogP) is 1.89. The number of anilines is 2. The molecule has 0 fully saturated rings. The molecule has 0 amide bonds. The van der Waals surface area contributed by atoms with Crippen LogP contribution < -0.4 is 15.4 Å². The highest BCUT2D eigenvalue weighted by molar-refractivity contribution is 7.99. The molecule has 0 radical (unpaired) electrons. The lowest BCUT2D eigenvalue weighted by Gasteiger charge is -2.07. The van der Waals surface area contributed by atoms with E-state index in [2.05, 4.69) is 30.3 Å². The minimum absolute atomic E-state index is 0.0802. The van der Waals surface area contributed by atoms with E-state index >= 15 is 0 Å². The lowest BCUT2D eigenvalue weighted by molar-refractivity contribution is 1.07. The molecule has 0 saturated carbocycles. The second-order valence-corrected chi connectivity index (χ2v) is 4.69. The summed E-state index contributed by atoms with van der Waals surface area (Å²) in [6.45, 7) is 0. The van der Waals surface area contributed by atoms with E-state index in [9.17, 15) is 0 Å². The van der Waals surface area contributed by atoms with Crippen molar-refractivity contribution in [1.82, 2.24) is 14.7 Å². The molecule has 3 heterocycles. The third-order valence-electron chi connectivity index (χ3n) is 2.39. The normalized spacial score (nSPS) is 17.5. The molecule has 1 aliphatic heterocycles. The summed E-state index contributed by atoms with van der Waals surface area (Å²) in [5, 5.41) is 6.41. The lowest BCUT2D eigenvalue weighted by Crippen LogP contribution is -2.21. The Morgan fingerprint density at radius 1 is 1.05 bits per heavy atom. The molecule has 3 N–H and O–H groups in total. The number of aromatic nitrogens is 2. The van der Waals surface area contributed by atoms with Gasteiger partial charge in [-0.15, -0.1) is 0 Å². The van der Waals surface area contributed by atoms with Crippen molar-refractivity contribution in [3.05, 3.63) is 49.1 Å². The van der Waals surface area contributed by atoms with Crippen LogP contribution in [0.5, 0.6) is 0 Å². The summed E-state index contributed by atoms with van der Waals surface area (Å²) in [5.41, 5.74) is 1.76. The average Bonchev–Trinajstić information content (AvgIpc) is 2.88. The maximum atomic E-state index is 4.47. The molecule has 0 aromatic carbocycles. The van der Waals surface area contributed by atoms with Crippen LogP contribution in [-0.4, -0.2) is 21.4 Å². The van der Waals surface area contributed by atoms with Gasteiger partial charge in [-0.3, -0.25) is 14.7 Å². The minimum atomic E-state index is -0.0802. The first-order valence-electron chi connectivity index (χ1n) is 5.73. The molecule has 19 heavy (non-hydrogen) atoms. The van der Waals surface area contributed by atoms with Crippen LogP contribution in [0.1, 0.15) is 0 Å². The van der Waals surface area contributed by atoms with E-state index in [0.29, 0.717) is 5.96 Å². The average molecular weight is 272 g/mol. The van der Waals surface area contributed by atoms with Gasteiger partial charge < -0.3 is 10.6 Å². The van der Waals surface area contributed by atoms with Crippen molar-refractivity contribution in [2.75, 3.05) is 10.6 Å². The van der Waals surface area contributed by atoms with Crippen molar-refractivity contribution in [2.24, 2.45) is 4.99 Å². The Labute approximate surface area is 114 Å². The Kier molecular flexibility index (Phi) is 3.46. The van der Waals surface area contributed by atoms with Gasteiger partial charge in [0, 0.05) is 24.3 Å². The van der Waals surface area contributed by atoms with E-state index in [1.165, 1.54) is 11.9 Å². The van der Waals surface area contributed by atoms with E-state index in [1.54, 1.807) is 24.8 Å². The first kappa shape index (κ1) is 11.8. The number of hydrogen-bond acceptors (Lipinski definition) is 7. The van der Waals surface area contributed by atoms with Gasteiger partial charge in [0.2, 0.25) is 5.96 Å². The summed E-state index contributed by atoms with van der Waals surface area (Å²) in [7, 11) is 0. The van der Waals surface area contributed by atoms with Gasteiger partial charge in [0.15, 0.2) is 5.50 Å². The Morgan fingerprint density at radius 2 is 1.79 bits per heavy atom. The molecule has 1 atom stereocenters. The van der Waals surface area contributed by atoms with Crippen molar-refractivity contribution in [3.8, 4) is 0 Å². The molecule has 0 saturated heterocycles. The molecule has 2 aromatic heterocycles. The highest BCUT2D eigenvalue weighted by Crippen LogP contribution is 2.18. The molecule has 1 aliphatic rings. The number of guanidine groups is 1. The summed E-state index contributed by atoms with van der Waals surface area (Å²) in [4.78, 5) is 12.6. The van der Waals surface area contributed by atoms with Gasteiger partial charge in [-0.25, -0.2) is 4.99 Å². The second kappa shape index (κ2) is 5.57. The zero-order valence-corrected chi connectivity index (χ0v) is 10.8. The van der Waals surface area contributed by atoms with Crippen LogP contribution in [-0.2, 0) is 0 Å². The summed E-state index contributed by atoms with van der Waals surface area (Å²) < 4.78 is 3.12. The number of aliphatic imine (C=N–C) groups is 1. The van der Waals surface area contributed by atoms with Gasteiger partial charge in [-0.2, -0.15) is 0 Å². The van der Waals surface area contributed by atoms with E-state index in [1.807, 2.05) is 24.3 Å². The number of rotatable bonds is 3. The van der Waals surface area contributed by atoms with Crippen molar-refractivity contribution in [3.63, 3.8) is 0 Å². The smallest absolute Gasteiger partial charge is 0.209 e. The molecule has 6 nitrogen and oxygen atoms in total. The molecule has 96 valence electrons. The van der Waals surface area contributed by atoms with Crippen LogP contribution in [0.3, 0.4) is 0 Å². The molecule has 0 spiro atoms. The Bertz CT molecular complexity index is 559. The Hall–Kier alpha value is -2.28. The fourth-order valence-electron chi connectivity index (χ4n) is 1.57. The van der Waals surface area contributed by atoms with Gasteiger partial charge in [-0.05, 0) is 24.3 Å². The first-order chi connectivity index (χ1) is 9.40. The Balaban J connectivity index is 1.62. The molecule has 1 unspecified atom stereocenters. The first-order valence-corrected chi connectivity index (χ1v) is 6.61. The highest BCUT2D eigenvalue weighted by atomic mass is 32.2. The van der Waals surface area contributed by atoms with E-state index in [0.717, 1.165) is 11.4 Å². The number of pyridine rings is 2. The third-order valence-corrected chi connectivity index (χ3v) is 3.15. The van der Waals surface area contributed by atoms with Gasteiger partial charge in [0.1, 0.15) is 0 Å². The summed E-state index contributed by atoms with van der Waals surface area (Å²) in [6, 6.07) is 7.64. The van der Waals surface area contributed by atoms with E-state index < -0.39 is 0 Å². The fourth-order valence-corrected chi connectivity index (χ4v) is 2.25. The number of nitrogens with zero attached hydrogens (tertiary/aromatic N) is 3. The monoisotopic (exact) mass is 272 g/mol. The second-order valence-electron chi connectivity index (χ2n) is 3.80. The summed E-state index contributed by atoms with van der Waals surface area (Å²) in [5.74, 6) is 0.708. The van der Waals surface area contributed by atoms with Crippen molar-refractivity contribution >= 4 is 29.3 Å². The zero-order chi connectivity index (χ0) is 12.9. The van der Waals surface area contributed by atoms with Gasteiger partial charge in [0.25, 0.3) is 0 Å². The summed E-state index contributed by atoms with van der Waals surface area (Å²) in [6.07, 6.45) is 6.99. The zero-order valence-electron chi connectivity index (χ0n) is 9.95. The van der Waals surface area contributed by atoms with Crippen molar-refractivity contribution in [1.29, 1.82) is 0 Å².